The first-order valence-corrected chi connectivity index (χ1v) is 5.29. The van der Waals surface area contributed by atoms with Gasteiger partial charge in [0.15, 0.2) is 5.78 Å². The molecule has 17 heavy (non-hydrogen) atoms. The maximum Gasteiger partial charge on any atom is 0.309 e. The number of esters is 1. The van der Waals surface area contributed by atoms with E-state index in [0.29, 0.717) is 17.5 Å². The number of hydrogen-bond donors (Lipinski definition) is 0. The third-order valence-electron chi connectivity index (χ3n) is 2.93. The number of ether oxygens (including phenoxy) is 1. The fourth-order valence-corrected chi connectivity index (χ4v) is 1.82. The molecule has 0 N–H and O–H groups in total. The molecule has 0 bridgehead atoms. The number of Topliss-reactive ketones (excluding diaryl/α,β-unsaturated/α-hetero) is 1. The van der Waals surface area contributed by atoms with E-state index in [1.807, 2.05) is 6.07 Å². The Balaban J connectivity index is 2.07. The van der Waals surface area contributed by atoms with Gasteiger partial charge in [0.25, 0.3) is 0 Å². The minimum absolute atomic E-state index is 0.0510. The Morgan fingerprint density at radius 3 is 2.47 bits per heavy atom. The van der Waals surface area contributed by atoms with E-state index in [9.17, 15) is 9.59 Å². The minimum atomic E-state index is -0.322. The van der Waals surface area contributed by atoms with E-state index in [1.54, 1.807) is 24.3 Å². The highest BCUT2D eigenvalue weighted by Gasteiger charge is 2.48. The maximum absolute atomic E-state index is 11.9. The van der Waals surface area contributed by atoms with Crippen LogP contribution in [0.1, 0.15) is 22.3 Å². The number of nitrogens with zero attached hydrogens (tertiary/aromatic N) is 1. The van der Waals surface area contributed by atoms with Crippen molar-refractivity contribution < 1.29 is 14.3 Å². The van der Waals surface area contributed by atoms with Gasteiger partial charge in [0.05, 0.1) is 24.7 Å². The zero-order valence-electron chi connectivity index (χ0n) is 9.34. The van der Waals surface area contributed by atoms with Crippen LogP contribution < -0.4 is 0 Å². The fourth-order valence-electron chi connectivity index (χ4n) is 1.82. The molecule has 0 unspecified atom stereocenters. The predicted molar refractivity (Wildman–Crippen MR) is 59.1 cm³/mol. The first-order chi connectivity index (χ1) is 8.17. The molecule has 1 aromatic rings. The summed E-state index contributed by atoms with van der Waals surface area (Å²) < 4.78 is 4.59. The highest BCUT2D eigenvalue weighted by atomic mass is 16.5. The molecule has 0 amide bonds. The van der Waals surface area contributed by atoms with Crippen LogP contribution in [-0.2, 0) is 9.53 Å². The lowest BCUT2D eigenvalue weighted by Crippen LogP contribution is -2.10. The quantitative estimate of drug-likeness (QED) is 0.582. The van der Waals surface area contributed by atoms with Gasteiger partial charge in [-0.25, -0.2) is 0 Å². The largest absolute Gasteiger partial charge is 0.469 e. The molecule has 4 heteroatoms. The standard InChI is InChI=1S/C13H11NO3/c1-17-13(16)11-6-10(11)12(15)9-4-2-8(7-14)3-5-9/h2-5,10-11H,6H2,1H3/t10-,11-/m0/s1. The van der Waals surface area contributed by atoms with Crippen molar-refractivity contribution in [3.63, 3.8) is 0 Å². The van der Waals surface area contributed by atoms with Crippen LogP contribution in [-0.4, -0.2) is 18.9 Å². The molecule has 0 aliphatic heterocycles. The zero-order chi connectivity index (χ0) is 12.4. The summed E-state index contributed by atoms with van der Waals surface area (Å²) in [5.74, 6) is -0.916. The van der Waals surface area contributed by atoms with Gasteiger partial charge >= 0.3 is 5.97 Å². The molecular weight excluding hydrogens is 218 g/mol. The van der Waals surface area contributed by atoms with E-state index < -0.39 is 0 Å². The van der Waals surface area contributed by atoms with Gasteiger partial charge in [0.2, 0.25) is 0 Å². The molecule has 86 valence electrons. The lowest BCUT2D eigenvalue weighted by molar-refractivity contribution is -0.142. The summed E-state index contributed by atoms with van der Waals surface area (Å²) in [6, 6.07) is 8.43. The van der Waals surface area contributed by atoms with Crippen LogP contribution in [0.3, 0.4) is 0 Å². The summed E-state index contributed by atoms with van der Waals surface area (Å²) in [6.45, 7) is 0. The normalized spacial score (nSPS) is 21.4. The fraction of sp³-hybridized carbons (Fsp3) is 0.308. The first kappa shape index (κ1) is 11.3. The molecule has 1 fully saturated rings. The molecule has 0 aromatic heterocycles. The number of nitriles is 1. The van der Waals surface area contributed by atoms with Gasteiger partial charge in [-0.2, -0.15) is 5.26 Å². The highest BCUT2D eigenvalue weighted by molar-refractivity contribution is 6.02. The average molecular weight is 229 g/mol. The van der Waals surface area contributed by atoms with Crippen molar-refractivity contribution in [2.75, 3.05) is 7.11 Å². The molecule has 0 radical (unpaired) electrons. The van der Waals surface area contributed by atoms with E-state index in [-0.39, 0.29) is 23.6 Å². The van der Waals surface area contributed by atoms with Crippen molar-refractivity contribution in [1.82, 2.24) is 0 Å². The van der Waals surface area contributed by atoms with E-state index >= 15 is 0 Å². The molecule has 2 rings (SSSR count). The molecule has 1 aromatic carbocycles. The number of benzene rings is 1. The summed E-state index contributed by atoms with van der Waals surface area (Å²) >= 11 is 0. The van der Waals surface area contributed by atoms with Gasteiger partial charge in [0, 0.05) is 11.5 Å². The number of rotatable bonds is 3. The second-order valence-electron chi connectivity index (χ2n) is 4.03. The molecule has 1 saturated carbocycles. The summed E-state index contributed by atoms with van der Waals surface area (Å²) in [6.07, 6.45) is 0.561. The van der Waals surface area contributed by atoms with E-state index in [1.165, 1.54) is 7.11 Å². The second kappa shape index (κ2) is 4.38. The van der Waals surface area contributed by atoms with Gasteiger partial charge in [-0.3, -0.25) is 9.59 Å². The Bertz CT molecular complexity index is 498. The van der Waals surface area contributed by atoms with Crippen molar-refractivity contribution in [3.05, 3.63) is 35.4 Å². The molecule has 0 heterocycles. The summed E-state index contributed by atoms with van der Waals surface area (Å²) in [7, 11) is 1.32. The van der Waals surface area contributed by atoms with E-state index in [2.05, 4.69) is 4.74 Å². The van der Waals surface area contributed by atoms with E-state index in [0.717, 1.165) is 0 Å². The molecule has 2 atom stereocenters. The third-order valence-corrected chi connectivity index (χ3v) is 2.93. The van der Waals surface area contributed by atoms with Crippen LogP contribution >= 0.6 is 0 Å². The summed E-state index contributed by atoms with van der Waals surface area (Å²) in [5, 5.41) is 8.64. The summed E-state index contributed by atoms with van der Waals surface area (Å²) in [5.41, 5.74) is 1.06. The lowest BCUT2D eigenvalue weighted by atomic mass is 10.0. The van der Waals surface area contributed by atoms with Gasteiger partial charge < -0.3 is 4.74 Å². The van der Waals surface area contributed by atoms with Crippen LogP contribution in [0.25, 0.3) is 0 Å². The molecule has 0 spiro atoms. The Kier molecular flexibility index (Phi) is 2.92. The zero-order valence-corrected chi connectivity index (χ0v) is 9.34. The van der Waals surface area contributed by atoms with Crippen LogP contribution in [0.5, 0.6) is 0 Å². The Morgan fingerprint density at radius 2 is 1.94 bits per heavy atom. The van der Waals surface area contributed by atoms with Crippen molar-refractivity contribution >= 4 is 11.8 Å². The molecular formula is C13H11NO3. The van der Waals surface area contributed by atoms with Crippen LogP contribution in [0.4, 0.5) is 0 Å². The SMILES string of the molecule is COC(=O)[C@H]1C[C@@H]1C(=O)c1ccc(C#N)cc1. The van der Waals surface area contributed by atoms with Crippen molar-refractivity contribution in [1.29, 1.82) is 5.26 Å². The predicted octanol–water partition coefficient (Wildman–Crippen LogP) is 1.55. The van der Waals surface area contributed by atoms with Crippen LogP contribution in [0.15, 0.2) is 24.3 Å². The van der Waals surface area contributed by atoms with E-state index in [4.69, 9.17) is 5.26 Å². The number of carbonyl (C=O) groups excluding carboxylic acids is 2. The molecule has 1 aliphatic carbocycles. The van der Waals surface area contributed by atoms with Crippen molar-refractivity contribution in [2.24, 2.45) is 11.8 Å². The number of ketones is 1. The maximum atomic E-state index is 11.9. The van der Waals surface area contributed by atoms with Crippen LogP contribution in [0, 0.1) is 23.2 Å². The average Bonchev–Trinajstić information content (AvgIpc) is 3.17. The minimum Gasteiger partial charge on any atom is -0.469 e. The van der Waals surface area contributed by atoms with Gasteiger partial charge in [-0.1, -0.05) is 12.1 Å². The van der Waals surface area contributed by atoms with Gasteiger partial charge in [0.1, 0.15) is 0 Å². The molecule has 0 saturated heterocycles. The molecule has 4 nitrogen and oxygen atoms in total. The third kappa shape index (κ3) is 2.18. The Hall–Kier alpha value is -2.15. The van der Waals surface area contributed by atoms with Gasteiger partial charge in [-0.15, -0.1) is 0 Å². The Morgan fingerprint density at radius 1 is 1.29 bits per heavy atom. The van der Waals surface area contributed by atoms with Crippen molar-refractivity contribution in [3.8, 4) is 6.07 Å². The lowest BCUT2D eigenvalue weighted by Gasteiger charge is -2.00. The smallest absolute Gasteiger partial charge is 0.309 e. The topological polar surface area (TPSA) is 67.2 Å². The number of methoxy groups -OCH3 is 1. The Labute approximate surface area is 98.8 Å². The highest BCUT2D eigenvalue weighted by Crippen LogP contribution is 2.41. The monoisotopic (exact) mass is 229 g/mol. The first-order valence-electron chi connectivity index (χ1n) is 5.29. The number of hydrogen-bond acceptors (Lipinski definition) is 4. The number of carbonyl (C=O) groups is 2. The van der Waals surface area contributed by atoms with Gasteiger partial charge in [-0.05, 0) is 18.6 Å². The second-order valence-corrected chi connectivity index (χ2v) is 4.03. The van der Waals surface area contributed by atoms with Crippen LogP contribution in [0.2, 0.25) is 0 Å². The molecule has 1 aliphatic rings. The summed E-state index contributed by atoms with van der Waals surface area (Å²) in [4.78, 5) is 23.1. The van der Waals surface area contributed by atoms with Crippen molar-refractivity contribution in [2.45, 2.75) is 6.42 Å².